The number of nitrogens with zero attached hydrogens (tertiary/aromatic N) is 1. The lowest BCUT2D eigenvalue weighted by Gasteiger charge is -1.62. The van der Waals surface area contributed by atoms with Crippen LogP contribution in [0.15, 0.2) is 16.8 Å². The van der Waals surface area contributed by atoms with Gasteiger partial charge in [0.25, 0.3) is 0 Å². The van der Waals surface area contributed by atoms with E-state index in [2.05, 4.69) is 9.68 Å². The third-order valence-electron chi connectivity index (χ3n) is 0.510. The Hall–Kier alpha value is -0.790. The van der Waals surface area contributed by atoms with Crippen molar-refractivity contribution in [2.45, 2.75) is 6.92 Å². The molecule has 0 fully saturated rings. The van der Waals surface area contributed by atoms with E-state index in [4.69, 9.17) is 1.37 Å². The van der Waals surface area contributed by atoms with E-state index in [0.717, 1.165) is 5.69 Å². The molecule has 0 radical (unpaired) electrons. The first-order valence-corrected chi connectivity index (χ1v) is 1.69. The van der Waals surface area contributed by atoms with Gasteiger partial charge in [-0.15, -0.1) is 0 Å². The van der Waals surface area contributed by atoms with Crippen LogP contribution in [0.4, 0.5) is 0 Å². The maximum absolute atomic E-state index is 6.79. The van der Waals surface area contributed by atoms with E-state index in [1.54, 1.807) is 13.0 Å². The zero-order valence-corrected chi connectivity index (χ0v) is 3.43. The number of hydrogen-bond acceptors (Lipinski definition) is 2. The predicted molar refractivity (Wildman–Crippen MR) is 21.2 cm³/mol. The quantitative estimate of drug-likeness (QED) is 0.468. The summed E-state index contributed by atoms with van der Waals surface area (Å²) in [6, 6.07) is 1.56. The van der Waals surface area contributed by atoms with Crippen LogP contribution in [0.1, 0.15) is 7.06 Å². The SMILES string of the molecule is [2H]c1cc(C)no1. The molecule has 1 heterocycles. The largest absolute Gasteiger partial charge is 0.365 e. The molecule has 1 aromatic rings. The zero-order chi connectivity index (χ0) is 5.28. The first kappa shape index (κ1) is 2.39. The van der Waals surface area contributed by atoms with Gasteiger partial charge in [0, 0.05) is 6.07 Å². The van der Waals surface area contributed by atoms with Crippen molar-refractivity contribution in [2.75, 3.05) is 0 Å². The lowest BCUT2D eigenvalue weighted by Crippen LogP contribution is -1.59. The average molecular weight is 84.1 g/mol. The molecule has 0 aromatic carbocycles. The maximum Gasteiger partial charge on any atom is 0.124 e. The van der Waals surface area contributed by atoms with Gasteiger partial charge in [0.15, 0.2) is 0 Å². The molecule has 0 saturated carbocycles. The molecule has 2 nitrogen and oxygen atoms in total. The standard InChI is InChI=1S/C4H5NO/c1-4-2-3-6-5-4/h2-3H,1H3/i3D. The summed E-state index contributed by atoms with van der Waals surface area (Å²) in [6.07, 6.45) is 0.123. The first-order chi connectivity index (χ1) is 3.29. The van der Waals surface area contributed by atoms with Crippen LogP contribution in [-0.4, -0.2) is 5.16 Å². The smallest absolute Gasteiger partial charge is 0.124 e. The third-order valence-corrected chi connectivity index (χ3v) is 0.510. The van der Waals surface area contributed by atoms with Crippen LogP contribution in [-0.2, 0) is 0 Å². The van der Waals surface area contributed by atoms with Gasteiger partial charge in [0.2, 0.25) is 0 Å². The summed E-state index contributed by atoms with van der Waals surface area (Å²) < 4.78 is 11.2. The second kappa shape index (κ2) is 1.12. The molecule has 0 aliphatic rings. The molecule has 0 amide bonds. The molecular weight excluding hydrogens is 78.0 g/mol. The fourth-order valence-electron chi connectivity index (χ4n) is 0.236. The Morgan fingerprint density at radius 2 is 3.00 bits per heavy atom. The second-order valence-corrected chi connectivity index (χ2v) is 1.09. The van der Waals surface area contributed by atoms with E-state index >= 15 is 0 Å². The molecule has 1 aromatic heterocycles. The molecule has 0 unspecified atom stereocenters. The summed E-state index contributed by atoms with van der Waals surface area (Å²) in [7, 11) is 0. The number of aromatic nitrogens is 1. The second-order valence-electron chi connectivity index (χ2n) is 1.09. The van der Waals surface area contributed by atoms with Gasteiger partial charge < -0.3 is 4.52 Å². The van der Waals surface area contributed by atoms with Crippen LogP contribution in [0.25, 0.3) is 0 Å². The van der Waals surface area contributed by atoms with Gasteiger partial charge in [-0.1, -0.05) is 5.16 Å². The summed E-state index contributed by atoms with van der Waals surface area (Å²) in [6.45, 7) is 1.78. The highest BCUT2D eigenvalue weighted by molar-refractivity contribution is 4.89. The van der Waals surface area contributed by atoms with Gasteiger partial charge in [0.05, 0.1) is 5.69 Å². The van der Waals surface area contributed by atoms with Crippen molar-refractivity contribution < 1.29 is 5.89 Å². The van der Waals surface area contributed by atoms with Crippen molar-refractivity contribution >= 4 is 0 Å². The molecular formula is C4H5NO. The molecule has 0 N–H and O–H groups in total. The highest BCUT2D eigenvalue weighted by Gasteiger charge is 1.77. The first-order valence-electron chi connectivity index (χ1n) is 2.19. The Labute approximate surface area is 37.2 Å². The molecule has 0 aliphatic heterocycles. The van der Waals surface area contributed by atoms with Gasteiger partial charge in [-0.3, -0.25) is 0 Å². The molecule has 0 spiro atoms. The summed E-state index contributed by atoms with van der Waals surface area (Å²) >= 11 is 0. The van der Waals surface area contributed by atoms with E-state index in [-0.39, 0.29) is 6.24 Å². The summed E-state index contributed by atoms with van der Waals surface area (Å²) in [5, 5.41) is 3.45. The van der Waals surface area contributed by atoms with Gasteiger partial charge in [-0.2, -0.15) is 0 Å². The van der Waals surface area contributed by atoms with E-state index in [1.165, 1.54) is 0 Å². The van der Waals surface area contributed by atoms with Crippen molar-refractivity contribution in [1.29, 1.82) is 0 Å². The van der Waals surface area contributed by atoms with E-state index in [9.17, 15) is 0 Å². The normalized spacial score (nSPS) is 11.2. The van der Waals surface area contributed by atoms with Crippen molar-refractivity contribution in [3.8, 4) is 0 Å². The van der Waals surface area contributed by atoms with Crippen LogP contribution in [0.3, 0.4) is 0 Å². The van der Waals surface area contributed by atoms with Crippen LogP contribution in [0, 0.1) is 6.92 Å². The molecule has 32 valence electrons. The van der Waals surface area contributed by atoms with Crippen LogP contribution in [0.5, 0.6) is 0 Å². The van der Waals surface area contributed by atoms with E-state index < -0.39 is 0 Å². The van der Waals surface area contributed by atoms with Crippen molar-refractivity contribution in [1.82, 2.24) is 5.16 Å². The van der Waals surface area contributed by atoms with E-state index in [0.29, 0.717) is 0 Å². The molecule has 2 heteroatoms. The zero-order valence-electron chi connectivity index (χ0n) is 4.43. The minimum atomic E-state index is 0.123. The minimum Gasteiger partial charge on any atom is -0.365 e. The Morgan fingerprint density at radius 3 is 3.17 bits per heavy atom. The van der Waals surface area contributed by atoms with Gasteiger partial charge >= 0.3 is 0 Å². The topological polar surface area (TPSA) is 26.0 Å². The van der Waals surface area contributed by atoms with Crippen molar-refractivity contribution in [3.63, 3.8) is 0 Å². The summed E-state index contributed by atoms with van der Waals surface area (Å²) in [5.74, 6) is 0. The third kappa shape index (κ3) is 0.407. The molecule has 0 atom stereocenters. The van der Waals surface area contributed by atoms with Gasteiger partial charge in [0.1, 0.15) is 7.61 Å². The van der Waals surface area contributed by atoms with Crippen LogP contribution in [0.2, 0.25) is 0 Å². The molecule has 0 bridgehead atoms. The summed E-state index contributed by atoms with van der Waals surface area (Å²) in [5.41, 5.74) is 0.755. The Bertz CT molecular complexity index is 144. The highest BCUT2D eigenvalue weighted by atomic mass is 16.5. The van der Waals surface area contributed by atoms with Gasteiger partial charge in [-0.05, 0) is 6.92 Å². The summed E-state index contributed by atoms with van der Waals surface area (Å²) in [4.78, 5) is 0. The predicted octanol–water partition coefficient (Wildman–Crippen LogP) is 0.983. The fourth-order valence-corrected chi connectivity index (χ4v) is 0.236. The number of rotatable bonds is 0. The van der Waals surface area contributed by atoms with Crippen LogP contribution < -0.4 is 0 Å². The monoisotopic (exact) mass is 84.0 g/mol. The molecule has 0 saturated heterocycles. The van der Waals surface area contributed by atoms with E-state index in [1.807, 2.05) is 0 Å². The Balaban J connectivity index is 3.04. The molecule has 1 rings (SSSR count). The number of aryl methyl sites for hydroxylation is 1. The fraction of sp³-hybridized carbons (Fsp3) is 0.250. The Morgan fingerprint density at radius 1 is 2.17 bits per heavy atom. The van der Waals surface area contributed by atoms with Crippen molar-refractivity contribution in [3.05, 3.63) is 18.0 Å². The minimum absolute atomic E-state index is 0.123. The molecule has 6 heavy (non-hydrogen) atoms. The maximum atomic E-state index is 6.79. The average Bonchev–Trinajstić information content (AvgIpc) is 1.87. The lowest BCUT2D eigenvalue weighted by atomic mass is 10.5. The van der Waals surface area contributed by atoms with Gasteiger partial charge in [-0.25, -0.2) is 0 Å². The number of hydrogen-bond donors (Lipinski definition) is 0. The van der Waals surface area contributed by atoms with Crippen molar-refractivity contribution in [2.24, 2.45) is 0 Å². The van der Waals surface area contributed by atoms with Crippen LogP contribution >= 0.6 is 0 Å². The molecule has 0 aliphatic carbocycles. The highest BCUT2D eigenvalue weighted by Crippen LogP contribution is 1.86. The lowest BCUT2D eigenvalue weighted by molar-refractivity contribution is 0.415. The Kier molecular flexibility index (Phi) is 0.449.